The van der Waals surface area contributed by atoms with Gasteiger partial charge < -0.3 is 13.9 Å². The molecule has 0 amide bonds. The SMILES string of the molecule is N#Cc1cccc2c1oc1c(-n3c4ccccc4c4cc(-c5ccc(N(c6ccc(-c7ccccc7)cc6)c6ccc(-c7ccccc7)cc6)cc5)ccc43)cccc12. The molecule has 0 bridgehead atoms. The first-order valence-corrected chi connectivity index (χ1v) is 19.8. The summed E-state index contributed by atoms with van der Waals surface area (Å²) in [4.78, 5) is 2.32. The fraction of sp³-hybridized carbons (Fsp3) is 0. The highest BCUT2D eigenvalue weighted by molar-refractivity contribution is 6.14. The van der Waals surface area contributed by atoms with Crippen LogP contribution in [0.2, 0.25) is 0 Å². The summed E-state index contributed by atoms with van der Waals surface area (Å²) in [6.07, 6.45) is 0. The van der Waals surface area contributed by atoms with Gasteiger partial charge >= 0.3 is 0 Å². The Morgan fingerprint density at radius 2 is 0.831 bits per heavy atom. The van der Waals surface area contributed by atoms with Crippen molar-refractivity contribution in [1.29, 1.82) is 5.26 Å². The molecule has 2 aromatic heterocycles. The van der Waals surface area contributed by atoms with Crippen molar-refractivity contribution < 1.29 is 4.42 Å². The Morgan fingerprint density at radius 3 is 1.42 bits per heavy atom. The number of benzene rings is 9. The average molecular weight is 754 g/mol. The summed E-state index contributed by atoms with van der Waals surface area (Å²) < 4.78 is 8.81. The van der Waals surface area contributed by atoms with Gasteiger partial charge in [0.2, 0.25) is 0 Å². The number of hydrogen-bond donors (Lipinski definition) is 0. The van der Waals surface area contributed by atoms with Crippen molar-refractivity contribution in [2.45, 2.75) is 0 Å². The fourth-order valence-corrected chi connectivity index (χ4v) is 8.60. The van der Waals surface area contributed by atoms with E-state index in [-0.39, 0.29) is 0 Å². The van der Waals surface area contributed by atoms with Crippen molar-refractivity contribution in [2.75, 3.05) is 4.90 Å². The molecule has 11 rings (SSSR count). The molecule has 0 aliphatic carbocycles. The molecular weight excluding hydrogens is 719 g/mol. The molecule has 0 saturated carbocycles. The van der Waals surface area contributed by atoms with E-state index >= 15 is 0 Å². The highest BCUT2D eigenvalue weighted by atomic mass is 16.3. The third-order valence-corrected chi connectivity index (χ3v) is 11.5. The van der Waals surface area contributed by atoms with Gasteiger partial charge in [0.1, 0.15) is 6.07 Å². The first-order chi connectivity index (χ1) is 29.2. The van der Waals surface area contributed by atoms with E-state index in [1.165, 1.54) is 22.3 Å². The number of aromatic nitrogens is 1. The Labute approximate surface area is 341 Å². The van der Waals surface area contributed by atoms with Crippen LogP contribution >= 0.6 is 0 Å². The van der Waals surface area contributed by atoms with Crippen molar-refractivity contribution in [2.24, 2.45) is 0 Å². The molecule has 0 unspecified atom stereocenters. The van der Waals surface area contributed by atoms with Crippen LogP contribution in [-0.4, -0.2) is 4.57 Å². The molecule has 4 nitrogen and oxygen atoms in total. The number of rotatable bonds is 7. The molecule has 0 atom stereocenters. The van der Waals surface area contributed by atoms with E-state index in [0.29, 0.717) is 11.1 Å². The normalized spacial score (nSPS) is 11.4. The molecular formula is C55H35N3O. The second-order valence-corrected chi connectivity index (χ2v) is 14.8. The molecule has 11 aromatic rings. The maximum absolute atomic E-state index is 9.84. The number of para-hydroxylation sites is 3. The molecule has 0 N–H and O–H groups in total. The Balaban J connectivity index is 0.992. The zero-order chi connectivity index (χ0) is 39.3. The summed E-state index contributed by atoms with van der Waals surface area (Å²) in [6, 6.07) is 77.1. The van der Waals surface area contributed by atoms with Gasteiger partial charge in [-0.15, -0.1) is 0 Å². The molecule has 9 aromatic carbocycles. The molecule has 0 spiro atoms. The number of furan rings is 1. The van der Waals surface area contributed by atoms with Crippen LogP contribution in [0, 0.1) is 11.3 Å². The molecule has 2 heterocycles. The van der Waals surface area contributed by atoms with E-state index in [4.69, 9.17) is 4.42 Å². The summed E-state index contributed by atoms with van der Waals surface area (Å²) >= 11 is 0. The lowest BCUT2D eigenvalue weighted by atomic mass is 10.0. The first-order valence-electron chi connectivity index (χ1n) is 19.8. The van der Waals surface area contributed by atoms with Crippen molar-refractivity contribution >= 4 is 60.8 Å². The Morgan fingerprint density at radius 1 is 0.373 bits per heavy atom. The minimum Gasteiger partial charge on any atom is -0.452 e. The molecule has 4 heteroatoms. The molecule has 276 valence electrons. The number of nitriles is 1. The van der Waals surface area contributed by atoms with Crippen LogP contribution in [-0.2, 0) is 0 Å². The minimum absolute atomic E-state index is 0.535. The monoisotopic (exact) mass is 753 g/mol. The Kier molecular flexibility index (Phi) is 8.17. The molecule has 0 saturated heterocycles. The minimum atomic E-state index is 0.535. The number of nitrogens with zero attached hydrogens (tertiary/aromatic N) is 3. The lowest BCUT2D eigenvalue weighted by molar-refractivity contribution is 0.665. The van der Waals surface area contributed by atoms with Crippen LogP contribution in [0.15, 0.2) is 217 Å². The summed E-state index contributed by atoms with van der Waals surface area (Å²) in [5.74, 6) is 0. The van der Waals surface area contributed by atoms with Crippen LogP contribution in [0.4, 0.5) is 17.1 Å². The molecule has 0 radical (unpaired) electrons. The Hall–Kier alpha value is -8.13. The van der Waals surface area contributed by atoms with Gasteiger partial charge in [-0.25, -0.2) is 0 Å². The number of hydrogen-bond acceptors (Lipinski definition) is 3. The van der Waals surface area contributed by atoms with Crippen molar-refractivity contribution in [3.63, 3.8) is 0 Å². The van der Waals surface area contributed by atoms with Gasteiger partial charge in [-0.1, -0.05) is 146 Å². The predicted molar refractivity (Wildman–Crippen MR) is 244 cm³/mol. The van der Waals surface area contributed by atoms with E-state index < -0.39 is 0 Å². The van der Waals surface area contributed by atoms with Crippen molar-refractivity contribution in [1.82, 2.24) is 4.57 Å². The highest BCUT2D eigenvalue weighted by Crippen LogP contribution is 2.41. The van der Waals surface area contributed by atoms with Crippen LogP contribution in [0.3, 0.4) is 0 Å². The van der Waals surface area contributed by atoms with E-state index in [9.17, 15) is 5.26 Å². The van der Waals surface area contributed by atoms with Gasteiger partial charge in [0, 0.05) is 38.6 Å². The lowest BCUT2D eigenvalue weighted by Gasteiger charge is -2.26. The fourth-order valence-electron chi connectivity index (χ4n) is 8.60. The van der Waals surface area contributed by atoms with Gasteiger partial charge in [-0.2, -0.15) is 5.26 Å². The first kappa shape index (κ1) is 34.1. The standard InChI is InChI=1S/C55H35N3O/c56-36-43-15-9-17-48-49-18-10-20-53(55(49)59-54(43)48)58-51-19-8-7-16-47(51)50-35-42(27-34-52(50)58)41-25-32-46(33-26-41)57(44-28-21-39(22-29-44)37-11-3-1-4-12-37)45-30-23-40(24-31-45)38-13-5-2-6-14-38/h1-35H. The summed E-state index contributed by atoms with van der Waals surface area (Å²) in [7, 11) is 0. The van der Waals surface area contributed by atoms with E-state index in [1.807, 2.05) is 18.2 Å². The largest absolute Gasteiger partial charge is 0.452 e. The third-order valence-electron chi connectivity index (χ3n) is 11.5. The molecule has 0 fully saturated rings. The topological polar surface area (TPSA) is 45.1 Å². The summed E-state index contributed by atoms with van der Waals surface area (Å²) in [6.45, 7) is 0. The van der Waals surface area contributed by atoms with Crippen LogP contribution in [0.5, 0.6) is 0 Å². The number of anilines is 3. The van der Waals surface area contributed by atoms with Gasteiger partial charge in [-0.05, 0) is 100 Å². The zero-order valence-corrected chi connectivity index (χ0v) is 32.0. The van der Waals surface area contributed by atoms with Crippen LogP contribution < -0.4 is 4.90 Å². The van der Waals surface area contributed by atoms with Gasteiger partial charge in [-0.3, -0.25) is 0 Å². The maximum atomic E-state index is 9.84. The number of fused-ring (bicyclic) bond motifs is 6. The third kappa shape index (κ3) is 5.84. The quantitative estimate of drug-likeness (QED) is 0.163. The van der Waals surface area contributed by atoms with Crippen molar-refractivity contribution in [3.05, 3.63) is 218 Å². The lowest BCUT2D eigenvalue weighted by Crippen LogP contribution is -2.09. The van der Waals surface area contributed by atoms with Gasteiger partial charge in [0.25, 0.3) is 0 Å². The Bertz CT molecular complexity index is 3270. The average Bonchev–Trinajstić information content (AvgIpc) is 3.86. The smallest absolute Gasteiger partial charge is 0.159 e. The van der Waals surface area contributed by atoms with Gasteiger partial charge in [0.15, 0.2) is 11.2 Å². The van der Waals surface area contributed by atoms with E-state index in [0.717, 1.165) is 72.0 Å². The predicted octanol–water partition coefficient (Wildman–Crippen LogP) is 15.0. The zero-order valence-electron chi connectivity index (χ0n) is 32.0. The molecule has 59 heavy (non-hydrogen) atoms. The highest BCUT2D eigenvalue weighted by Gasteiger charge is 2.20. The van der Waals surface area contributed by atoms with E-state index in [2.05, 4.69) is 210 Å². The summed E-state index contributed by atoms with van der Waals surface area (Å²) in [5, 5.41) is 14.1. The summed E-state index contributed by atoms with van der Waals surface area (Å²) in [5.41, 5.74) is 15.3. The van der Waals surface area contributed by atoms with Gasteiger partial charge in [0.05, 0.1) is 22.3 Å². The molecule has 0 aliphatic rings. The van der Waals surface area contributed by atoms with Crippen molar-refractivity contribution in [3.8, 4) is 45.1 Å². The maximum Gasteiger partial charge on any atom is 0.159 e. The van der Waals surface area contributed by atoms with Crippen LogP contribution in [0.25, 0.3) is 82.8 Å². The second kappa shape index (κ2) is 14.1. The van der Waals surface area contributed by atoms with E-state index in [1.54, 1.807) is 0 Å². The second-order valence-electron chi connectivity index (χ2n) is 14.8. The molecule has 0 aliphatic heterocycles. The van der Waals surface area contributed by atoms with Crippen LogP contribution in [0.1, 0.15) is 5.56 Å².